The van der Waals surface area contributed by atoms with Crippen LogP contribution in [0, 0.1) is 10.1 Å². The van der Waals surface area contributed by atoms with E-state index in [2.05, 4.69) is 10.3 Å². The number of hydrogen-bond donors (Lipinski definition) is 1. The molecule has 0 amide bonds. The summed E-state index contributed by atoms with van der Waals surface area (Å²) in [6.45, 7) is 0.336. The quantitative estimate of drug-likeness (QED) is 0.651. The zero-order valence-corrected chi connectivity index (χ0v) is 11.3. The highest BCUT2D eigenvalue weighted by atomic mass is 35.5. The maximum absolute atomic E-state index is 10.6. The number of nitro groups is 1. The summed E-state index contributed by atoms with van der Waals surface area (Å²) in [5.41, 5.74) is -0.165. The number of halogens is 1. The molecule has 7 nitrogen and oxygen atoms in total. The van der Waals surface area contributed by atoms with Crippen LogP contribution in [0.5, 0.6) is 0 Å². The highest BCUT2D eigenvalue weighted by Crippen LogP contribution is 2.27. The van der Waals surface area contributed by atoms with Gasteiger partial charge in [0.15, 0.2) is 0 Å². The van der Waals surface area contributed by atoms with E-state index in [4.69, 9.17) is 20.8 Å². The van der Waals surface area contributed by atoms with Gasteiger partial charge < -0.3 is 14.5 Å². The van der Waals surface area contributed by atoms with Crippen molar-refractivity contribution in [2.75, 3.05) is 19.0 Å². The third kappa shape index (κ3) is 3.25. The lowest BCUT2D eigenvalue weighted by molar-refractivity contribution is -0.385. The molecule has 2 rings (SSSR count). The Bertz CT molecular complexity index is 588. The van der Waals surface area contributed by atoms with Gasteiger partial charge in [-0.05, 0) is 12.1 Å². The number of anilines is 1. The molecule has 0 bridgehead atoms. The zero-order valence-electron chi connectivity index (χ0n) is 10.6. The van der Waals surface area contributed by atoms with Gasteiger partial charge in [-0.2, -0.15) is 0 Å². The molecule has 1 unspecified atom stereocenters. The fourth-order valence-electron chi connectivity index (χ4n) is 1.65. The first-order valence-corrected chi connectivity index (χ1v) is 6.08. The van der Waals surface area contributed by atoms with E-state index < -0.39 is 4.92 Å². The Hall–Kier alpha value is -2.12. The van der Waals surface area contributed by atoms with Crippen molar-refractivity contribution in [3.05, 3.63) is 51.6 Å². The highest BCUT2D eigenvalue weighted by Gasteiger charge is 2.18. The fourth-order valence-corrected chi connectivity index (χ4v) is 1.87. The van der Waals surface area contributed by atoms with Crippen LogP contribution in [0.25, 0.3) is 0 Å². The molecule has 0 aromatic carbocycles. The van der Waals surface area contributed by atoms with Gasteiger partial charge in [0.2, 0.25) is 0 Å². The van der Waals surface area contributed by atoms with E-state index in [0.717, 1.165) is 6.20 Å². The minimum atomic E-state index is -0.554. The molecule has 0 aliphatic carbocycles. The molecule has 0 fully saturated rings. The number of rotatable bonds is 6. The zero-order chi connectivity index (χ0) is 14.5. The first-order valence-electron chi connectivity index (χ1n) is 5.70. The monoisotopic (exact) mass is 297 g/mol. The highest BCUT2D eigenvalue weighted by molar-refractivity contribution is 6.33. The predicted octanol–water partition coefficient (Wildman–Crippen LogP) is 3.04. The average molecular weight is 298 g/mol. The Morgan fingerprint density at radius 1 is 1.65 bits per heavy atom. The summed E-state index contributed by atoms with van der Waals surface area (Å²) in [6, 6.07) is 4.49. The average Bonchev–Trinajstić information content (AvgIpc) is 2.94. The van der Waals surface area contributed by atoms with Crippen LogP contribution in [0.2, 0.25) is 5.02 Å². The van der Waals surface area contributed by atoms with Gasteiger partial charge in [-0.15, -0.1) is 0 Å². The van der Waals surface area contributed by atoms with E-state index in [1.165, 1.54) is 6.07 Å². The molecule has 0 saturated heterocycles. The first-order chi connectivity index (χ1) is 9.61. The number of ether oxygens (including phenoxy) is 1. The van der Waals surface area contributed by atoms with E-state index in [0.29, 0.717) is 18.2 Å². The molecule has 0 spiro atoms. The van der Waals surface area contributed by atoms with E-state index >= 15 is 0 Å². The van der Waals surface area contributed by atoms with Gasteiger partial charge in [-0.25, -0.2) is 4.98 Å². The van der Waals surface area contributed by atoms with Crippen molar-refractivity contribution < 1.29 is 14.1 Å². The molecular weight excluding hydrogens is 286 g/mol. The summed E-state index contributed by atoms with van der Waals surface area (Å²) < 4.78 is 10.4. The Balaban J connectivity index is 2.21. The topological polar surface area (TPSA) is 90.4 Å². The van der Waals surface area contributed by atoms with Gasteiger partial charge in [-0.3, -0.25) is 10.1 Å². The van der Waals surface area contributed by atoms with Crippen molar-refractivity contribution in [1.82, 2.24) is 4.98 Å². The first kappa shape index (κ1) is 14.3. The normalized spacial score (nSPS) is 12.1. The van der Waals surface area contributed by atoms with Crippen LogP contribution in [0.1, 0.15) is 11.8 Å². The lowest BCUT2D eigenvalue weighted by atomic mass is 10.2. The van der Waals surface area contributed by atoms with Gasteiger partial charge in [-0.1, -0.05) is 11.6 Å². The lowest BCUT2D eigenvalue weighted by Gasteiger charge is -2.16. The molecule has 106 valence electrons. The molecule has 2 aromatic rings. The predicted molar refractivity (Wildman–Crippen MR) is 72.8 cm³/mol. The van der Waals surface area contributed by atoms with Crippen molar-refractivity contribution >= 4 is 23.1 Å². The summed E-state index contributed by atoms with van der Waals surface area (Å²) in [7, 11) is 1.56. The minimum Gasteiger partial charge on any atom is -0.467 e. The maximum Gasteiger partial charge on any atom is 0.289 e. The molecule has 1 atom stereocenters. The fraction of sp³-hybridized carbons (Fsp3) is 0.250. The summed E-state index contributed by atoms with van der Waals surface area (Å²) in [4.78, 5) is 14.0. The van der Waals surface area contributed by atoms with Crippen LogP contribution in [0.3, 0.4) is 0 Å². The van der Waals surface area contributed by atoms with Gasteiger partial charge in [0.05, 0.1) is 22.8 Å². The molecule has 0 radical (unpaired) electrons. The number of pyridine rings is 1. The van der Waals surface area contributed by atoms with Crippen LogP contribution in [0.15, 0.2) is 35.1 Å². The van der Waals surface area contributed by atoms with E-state index in [-0.39, 0.29) is 16.8 Å². The summed E-state index contributed by atoms with van der Waals surface area (Å²) in [6.07, 6.45) is 2.69. The number of methoxy groups -OCH3 is 1. The second-order valence-electron chi connectivity index (χ2n) is 3.95. The molecular formula is C12H12ClN3O4. The maximum atomic E-state index is 10.6. The molecule has 0 saturated carbocycles. The molecule has 2 heterocycles. The number of hydrogen-bond acceptors (Lipinski definition) is 6. The Labute approximate surface area is 119 Å². The lowest BCUT2D eigenvalue weighted by Crippen LogP contribution is -2.16. The smallest absolute Gasteiger partial charge is 0.289 e. The molecule has 20 heavy (non-hydrogen) atoms. The number of nitrogens with one attached hydrogen (secondary N) is 1. The number of aromatic nitrogens is 1. The second-order valence-corrected chi connectivity index (χ2v) is 4.36. The van der Waals surface area contributed by atoms with Crippen LogP contribution < -0.4 is 5.32 Å². The van der Waals surface area contributed by atoms with E-state index in [9.17, 15) is 10.1 Å². The van der Waals surface area contributed by atoms with Gasteiger partial charge in [0, 0.05) is 13.2 Å². The minimum absolute atomic E-state index is 0.159. The van der Waals surface area contributed by atoms with Gasteiger partial charge in [0.1, 0.15) is 23.8 Å². The van der Waals surface area contributed by atoms with Crippen molar-refractivity contribution in [3.8, 4) is 0 Å². The SMILES string of the molecule is COCC(Nc1ncc([N+](=O)[O-])cc1Cl)c1ccco1. The second kappa shape index (κ2) is 6.36. The Morgan fingerprint density at radius 2 is 2.45 bits per heavy atom. The number of nitrogens with zero attached hydrogens (tertiary/aromatic N) is 2. The van der Waals surface area contributed by atoms with Crippen molar-refractivity contribution in [1.29, 1.82) is 0 Å². The van der Waals surface area contributed by atoms with Crippen LogP contribution >= 0.6 is 11.6 Å². The van der Waals surface area contributed by atoms with Gasteiger partial charge >= 0.3 is 0 Å². The molecule has 0 aliphatic heterocycles. The van der Waals surface area contributed by atoms with E-state index in [1.807, 2.05) is 0 Å². The summed E-state index contributed by atoms with van der Waals surface area (Å²) in [5, 5.41) is 13.8. The van der Waals surface area contributed by atoms with Crippen molar-refractivity contribution in [2.45, 2.75) is 6.04 Å². The summed E-state index contributed by atoms with van der Waals surface area (Å²) in [5.74, 6) is 0.985. The molecule has 0 aliphatic rings. The van der Waals surface area contributed by atoms with Gasteiger partial charge in [0.25, 0.3) is 5.69 Å². The third-order valence-electron chi connectivity index (χ3n) is 2.57. The Morgan fingerprint density at radius 3 is 3.00 bits per heavy atom. The molecule has 1 N–H and O–H groups in total. The summed E-state index contributed by atoms with van der Waals surface area (Å²) >= 11 is 5.98. The molecule has 2 aromatic heterocycles. The number of furan rings is 1. The van der Waals surface area contributed by atoms with Crippen LogP contribution in [-0.2, 0) is 4.74 Å². The van der Waals surface area contributed by atoms with Crippen LogP contribution in [0.4, 0.5) is 11.5 Å². The Kier molecular flexibility index (Phi) is 4.54. The largest absolute Gasteiger partial charge is 0.467 e. The van der Waals surface area contributed by atoms with Crippen molar-refractivity contribution in [2.24, 2.45) is 0 Å². The molecule has 8 heteroatoms. The standard InChI is InChI=1S/C12H12ClN3O4/c1-19-7-10(11-3-2-4-20-11)15-12-9(13)5-8(6-14-12)16(17)18/h2-6,10H,7H2,1H3,(H,14,15). The van der Waals surface area contributed by atoms with E-state index in [1.54, 1.807) is 25.5 Å². The van der Waals surface area contributed by atoms with Crippen LogP contribution in [-0.4, -0.2) is 23.6 Å². The third-order valence-corrected chi connectivity index (χ3v) is 2.86. The van der Waals surface area contributed by atoms with Crippen molar-refractivity contribution in [3.63, 3.8) is 0 Å².